The van der Waals surface area contributed by atoms with Crippen molar-refractivity contribution in [2.75, 3.05) is 10.6 Å². The summed E-state index contributed by atoms with van der Waals surface area (Å²) < 4.78 is 53.5. The first-order chi connectivity index (χ1) is 16.3. The fraction of sp³-hybridized carbons (Fsp3) is 0.318. The lowest BCUT2D eigenvalue weighted by atomic mass is 10.2. The minimum atomic E-state index is -1.18. The highest BCUT2D eigenvalue weighted by atomic mass is 19.1. The van der Waals surface area contributed by atoms with Crippen LogP contribution in [0.2, 0.25) is 0 Å². The number of carbonyl (C=O) groups excluding carboxylic acids is 2. The van der Waals surface area contributed by atoms with Crippen LogP contribution in [0.4, 0.5) is 34.3 Å². The summed E-state index contributed by atoms with van der Waals surface area (Å²) in [5.74, 6) is -2.57. The molecule has 186 valence electrons. The Morgan fingerprint density at radius 3 is 2.40 bits per heavy atom. The smallest absolute Gasteiger partial charge is 0.413 e. The van der Waals surface area contributed by atoms with Crippen molar-refractivity contribution in [3.05, 3.63) is 53.9 Å². The average molecular weight is 492 g/mol. The van der Waals surface area contributed by atoms with Crippen molar-refractivity contribution in [1.82, 2.24) is 19.7 Å². The summed E-state index contributed by atoms with van der Waals surface area (Å²) in [7, 11) is 1.48. The highest BCUT2D eigenvalue weighted by molar-refractivity contribution is 5.90. The van der Waals surface area contributed by atoms with E-state index < -0.39 is 41.5 Å². The molecular formula is C22H23F3N6O4. The van der Waals surface area contributed by atoms with E-state index in [-0.39, 0.29) is 28.3 Å². The molecular weight excluding hydrogens is 469 g/mol. The number of amides is 2. The second-order valence-electron chi connectivity index (χ2n) is 8.42. The summed E-state index contributed by atoms with van der Waals surface area (Å²) in [6.07, 6.45) is 0.180. The summed E-state index contributed by atoms with van der Waals surface area (Å²) in [6, 6.07) is 1.89. The molecule has 0 aliphatic heterocycles. The molecule has 0 spiro atoms. The lowest BCUT2D eigenvalue weighted by Crippen LogP contribution is -2.27. The molecule has 0 unspecified atom stereocenters. The van der Waals surface area contributed by atoms with E-state index in [1.54, 1.807) is 20.8 Å². The maximum absolute atomic E-state index is 14.8. The topological polar surface area (TPSA) is 120 Å². The number of nitrogens with zero attached hydrogens (tertiary/aromatic N) is 4. The molecule has 3 heterocycles. The lowest BCUT2D eigenvalue weighted by Gasteiger charge is -2.19. The SMILES string of the molecule is C[C@@H](OC(=O)Nc1c(-c2ncc(NC(=O)OC(C)(C)C)cc2F)cnn1C)c1cc(F)cnc1F. The van der Waals surface area contributed by atoms with Gasteiger partial charge in [0.05, 0.1) is 35.4 Å². The molecule has 35 heavy (non-hydrogen) atoms. The van der Waals surface area contributed by atoms with Gasteiger partial charge in [0.1, 0.15) is 29.0 Å². The molecule has 0 fully saturated rings. The second kappa shape index (κ2) is 9.99. The number of carbonyl (C=O) groups is 2. The molecule has 2 amide bonds. The molecule has 0 radical (unpaired) electrons. The van der Waals surface area contributed by atoms with Crippen LogP contribution in [0.25, 0.3) is 11.3 Å². The van der Waals surface area contributed by atoms with Crippen LogP contribution >= 0.6 is 0 Å². The van der Waals surface area contributed by atoms with E-state index in [0.717, 1.165) is 12.1 Å². The fourth-order valence-corrected chi connectivity index (χ4v) is 2.96. The standard InChI is InChI=1S/C22H23F3N6O4/c1-11(14-6-12(23)8-27-18(14)25)34-20(32)30-19-15(10-28-31(19)5)17-16(24)7-13(9-26-17)29-21(33)35-22(2,3)4/h6-11H,1-5H3,(H,29,33)(H,30,32)/t11-/m1/s1. The van der Waals surface area contributed by atoms with E-state index in [9.17, 15) is 22.8 Å². The Labute approximate surface area is 198 Å². The van der Waals surface area contributed by atoms with Gasteiger partial charge in [0.15, 0.2) is 5.82 Å². The van der Waals surface area contributed by atoms with Gasteiger partial charge in [-0.1, -0.05) is 0 Å². The van der Waals surface area contributed by atoms with Crippen LogP contribution < -0.4 is 10.6 Å². The largest absolute Gasteiger partial charge is 0.444 e. The molecule has 0 saturated carbocycles. The maximum atomic E-state index is 14.8. The van der Waals surface area contributed by atoms with Gasteiger partial charge in [-0.3, -0.25) is 20.3 Å². The molecule has 10 nitrogen and oxygen atoms in total. The van der Waals surface area contributed by atoms with Gasteiger partial charge in [0.2, 0.25) is 5.95 Å². The zero-order valence-corrected chi connectivity index (χ0v) is 19.5. The molecule has 3 rings (SSSR count). The average Bonchev–Trinajstić information content (AvgIpc) is 3.08. The Morgan fingerprint density at radius 1 is 1.03 bits per heavy atom. The zero-order valence-electron chi connectivity index (χ0n) is 19.5. The Morgan fingerprint density at radius 2 is 1.74 bits per heavy atom. The number of pyridine rings is 2. The number of ether oxygens (including phenoxy) is 2. The van der Waals surface area contributed by atoms with Crippen molar-refractivity contribution in [3.8, 4) is 11.3 Å². The summed E-state index contributed by atoms with van der Waals surface area (Å²) in [6.45, 7) is 6.38. The summed E-state index contributed by atoms with van der Waals surface area (Å²) >= 11 is 0. The third kappa shape index (κ3) is 6.46. The molecule has 2 N–H and O–H groups in total. The third-order valence-corrected chi connectivity index (χ3v) is 4.46. The summed E-state index contributed by atoms with van der Waals surface area (Å²) in [4.78, 5) is 31.6. The Hall–Kier alpha value is -4.16. The van der Waals surface area contributed by atoms with Crippen molar-refractivity contribution >= 4 is 23.7 Å². The van der Waals surface area contributed by atoms with E-state index in [1.165, 1.54) is 31.0 Å². The number of aryl methyl sites for hydroxylation is 1. The quantitative estimate of drug-likeness (QED) is 0.484. The summed E-state index contributed by atoms with van der Waals surface area (Å²) in [5.41, 5.74) is -1.01. The third-order valence-electron chi connectivity index (χ3n) is 4.46. The van der Waals surface area contributed by atoms with Gasteiger partial charge in [-0.05, 0) is 33.8 Å². The van der Waals surface area contributed by atoms with Crippen molar-refractivity contribution in [2.45, 2.75) is 39.4 Å². The first kappa shape index (κ1) is 25.5. The molecule has 3 aromatic rings. The monoisotopic (exact) mass is 492 g/mol. The molecule has 0 saturated heterocycles. The molecule has 0 aliphatic rings. The Balaban J connectivity index is 1.76. The van der Waals surface area contributed by atoms with Crippen LogP contribution in [0, 0.1) is 17.6 Å². The van der Waals surface area contributed by atoms with E-state index in [0.29, 0.717) is 6.20 Å². The molecule has 0 aromatic carbocycles. The Kier molecular flexibility index (Phi) is 7.27. The molecule has 1 atom stereocenters. The van der Waals surface area contributed by atoms with Crippen molar-refractivity contribution in [1.29, 1.82) is 0 Å². The predicted octanol–water partition coefficient (Wildman–Crippen LogP) is 4.95. The van der Waals surface area contributed by atoms with Crippen molar-refractivity contribution < 1.29 is 32.2 Å². The molecule has 13 heteroatoms. The van der Waals surface area contributed by atoms with Gasteiger partial charge >= 0.3 is 12.2 Å². The van der Waals surface area contributed by atoms with E-state index in [1.807, 2.05) is 0 Å². The minimum absolute atomic E-state index is 0.0271. The van der Waals surface area contributed by atoms with Gasteiger partial charge in [-0.15, -0.1) is 0 Å². The van der Waals surface area contributed by atoms with Crippen LogP contribution in [-0.2, 0) is 16.5 Å². The first-order valence-electron chi connectivity index (χ1n) is 10.3. The van der Waals surface area contributed by atoms with Gasteiger partial charge < -0.3 is 9.47 Å². The van der Waals surface area contributed by atoms with Crippen molar-refractivity contribution in [2.24, 2.45) is 7.05 Å². The van der Waals surface area contributed by atoms with Crippen LogP contribution in [0.3, 0.4) is 0 Å². The van der Waals surface area contributed by atoms with Gasteiger partial charge in [0.25, 0.3) is 0 Å². The van der Waals surface area contributed by atoms with Crippen LogP contribution in [0.5, 0.6) is 0 Å². The van der Waals surface area contributed by atoms with E-state index in [2.05, 4.69) is 25.7 Å². The van der Waals surface area contributed by atoms with Crippen LogP contribution in [0.1, 0.15) is 39.4 Å². The zero-order chi connectivity index (χ0) is 25.9. The van der Waals surface area contributed by atoms with Crippen LogP contribution in [0.15, 0.2) is 30.7 Å². The number of aromatic nitrogens is 4. The molecule has 0 bridgehead atoms. The highest BCUT2D eigenvalue weighted by Gasteiger charge is 2.22. The predicted molar refractivity (Wildman–Crippen MR) is 119 cm³/mol. The normalized spacial score (nSPS) is 12.1. The number of hydrogen-bond donors (Lipinski definition) is 2. The molecule has 3 aromatic heterocycles. The lowest BCUT2D eigenvalue weighted by molar-refractivity contribution is 0.0635. The first-order valence-corrected chi connectivity index (χ1v) is 10.3. The van der Waals surface area contributed by atoms with Crippen molar-refractivity contribution in [3.63, 3.8) is 0 Å². The number of anilines is 2. The summed E-state index contributed by atoms with van der Waals surface area (Å²) in [5, 5.41) is 8.77. The second-order valence-corrected chi connectivity index (χ2v) is 8.42. The maximum Gasteiger partial charge on any atom is 0.413 e. The minimum Gasteiger partial charge on any atom is -0.444 e. The van der Waals surface area contributed by atoms with Crippen LogP contribution in [-0.4, -0.2) is 37.5 Å². The number of hydrogen-bond acceptors (Lipinski definition) is 7. The number of rotatable bonds is 5. The van der Waals surface area contributed by atoms with Gasteiger partial charge in [-0.25, -0.2) is 23.4 Å². The Bertz CT molecular complexity index is 1260. The number of halogens is 3. The van der Waals surface area contributed by atoms with Gasteiger partial charge in [-0.2, -0.15) is 9.49 Å². The van der Waals surface area contributed by atoms with Gasteiger partial charge in [0, 0.05) is 13.1 Å². The van der Waals surface area contributed by atoms with E-state index >= 15 is 0 Å². The highest BCUT2D eigenvalue weighted by Crippen LogP contribution is 2.30. The molecule has 0 aliphatic carbocycles. The fourth-order valence-electron chi connectivity index (χ4n) is 2.96. The number of nitrogens with one attached hydrogen (secondary N) is 2. The van der Waals surface area contributed by atoms with E-state index in [4.69, 9.17) is 9.47 Å².